The van der Waals surface area contributed by atoms with Gasteiger partial charge in [0.25, 0.3) is 0 Å². The molecule has 1 heterocycles. The fourth-order valence-electron chi connectivity index (χ4n) is 2.16. The van der Waals surface area contributed by atoms with Crippen LogP contribution in [0.3, 0.4) is 0 Å². The van der Waals surface area contributed by atoms with Crippen LogP contribution in [0.5, 0.6) is 0 Å². The minimum absolute atomic E-state index is 0.124. The Balaban J connectivity index is 2.34. The van der Waals surface area contributed by atoms with Gasteiger partial charge in [0.2, 0.25) is 0 Å². The van der Waals surface area contributed by atoms with Crippen LogP contribution >= 0.6 is 0 Å². The summed E-state index contributed by atoms with van der Waals surface area (Å²) in [6.07, 6.45) is 2.54. The lowest BCUT2D eigenvalue weighted by molar-refractivity contribution is -0.140. The zero-order chi connectivity index (χ0) is 16.1. The SMILES string of the molecule is C=CCc1c(-c2ccccc2)nc(COC(=O)C(=C)C)n1C. The number of nitrogens with zero attached hydrogens (tertiary/aromatic N) is 2. The van der Waals surface area contributed by atoms with Crippen LogP contribution in [-0.2, 0) is 29.6 Å². The molecule has 0 amide bonds. The molecule has 0 saturated heterocycles. The first-order valence-electron chi connectivity index (χ1n) is 7.08. The molecule has 2 rings (SSSR count). The number of allylic oxidation sites excluding steroid dienone is 1. The van der Waals surface area contributed by atoms with Crippen molar-refractivity contribution in [3.8, 4) is 11.3 Å². The first-order valence-corrected chi connectivity index (χ1v) is 7.08. The average Bonchev–Trinajstić information content (AvgIpc) is 2.83. The number of carbonyl (C=O) groups is 1. The summed E-state index contributed by atoms with van der Waals surface area (Å²) in [6.45, 7) is 9.12. The number of ether oxygens (including phenoxy) is 1. The second-order valence-electron chi connectivity index (χ2n) is 5.10. The van der Waals surface area contributed by atoms with Crippen molar-refractivity contribution in [1.29, 1.82) is 0 Å². The van der Waals surface area contributed by atoms with E-state index in [2.05, 4.69) is 18.1 Å². The van der Waals surface area contributed by atoms with Gasteiger partial charge >= 0.3 is 5.97 Å². The highest BCUT2D eigenvalue weighted by Gasteiger charge is 2.16. The third-order valence-corrected chi connectivity index (χ3v) is 3.37. The summed E-state index contributed by atoms with van der Waals surface area (Å²) in [6, 6.07) is 9.94. The lowest BCUT2D eigenvalue weighted by Crippen LogP contribution is -2.09. The number of aromatic nitrogens is 2. The molecule has 0 aliphatic heterocycles. The van der Waals surface area contributed by atoms with E-state index in [1.165, 1.54) is 0 Å². The van der Waals surface area contributed by atoms with Gasteiger partial charge in [-0.15, -0.1) is 6.58 Å². The Labute approximate surface area is 130 Å². The number of imidazole rings is 1. The van der Waals surface area contributed by atoms with Crippen LogP contribution in [0.2, 0.25) is 0 Å². The molecule has 0 atom stereocenters. The van der Waals surface area contributed by atoms with Gasteiger partial charge in [0, 0.05) is 30.3 Å². The van der Waals surface area contributed by atoms with Gasteiger partial charge in [0.05, 0.1) is 5.69 Å². The summed E-state index contributed by atoms with van der Waals surface area (Å²) in [4.78, 5) is 16.2. The van der Waals surface area contributed by atoms with E-state index in [1.54, 1.807) is 6.92 Å². The molecule has 2 aromatic rings. The number of benzene rings is 1. The van der Waals surface area contributed by atoms with Crippen molar-refractivity contribution in [1.82, 2.24) is 9.55 Å². The fourth-order valence-corrected chi connectivity index (χ4v) is 2.16. The van der Waals surface area contributed by atoms with Crippen LogP contribution in [0, 0.1) is 0 Å². The molecule has 0 saturated carbocycles. The Morgan fingerprint density at radius 2 is 2.05 bits per heavy atom. The molecule has 22 heavy (non-hydrogen) atoms. The van der Waals surface area contributed by atoms with Crippen molar-refractivity contribution in [2.75, 3.05) is 0 Å². The number of carbonyl (C=O) groups excluding carboxylic acids is 1. The van der Waals surface area contributed by atoms with Crippen LogP contribution in [-0.4, -0.2) is 15.5 Å². The molecule has 4 heteroatoms. The lowest BCUT2D eigenvalue weighted by atomic mass is 10.1. The quantitative estimate of drug-likeness (QED) is 0.466. The van der Waals surface area contributed by atoms with Crippen molar-refractivity contribution in [3.05, 3.63) is 66.7 Å². The molecule has 0 spiro atoms. The maximum atomic E-state index is 11.5. The maximum Gasteiger partial charge on any atom is 0.333 e. The Bertz CT molecular complexity index is 699. The molecular weight excluding hydrogens is 276 g/mol. The smallest absolute Gasteiger partial charge is 0.333 e. The Kier molecular flexibility index (Phi) is 4.94. The molecule has 0 fully saturated rings. The number of rotatable bonds is 6. The van der Waals surface area contributed by atoms with E-state index in [4.69, 9.17) is 4.74 Å². The molecule has 0 aliphatic rings. The zero-order valence-corrected chi connectivity index (χ0v) is 13.0. The summed E-state index contributed by atoms with van der Waals surface area (Å²) in [5.41, 5.74) is 3.35. The van der Waals surface area contributed by atoms with Gasteiger partial charge < -0.3 is 9.30 Å². The van der Waals surface area contributed by atoms with Gasteiger partial charge in [-0.3, -0.25) is 0 Å². The summed E-state index contributed by atoms with van der Waals surface area (Å²) in [5.74, 6) is 0.292. The van der Waals surface area contributed by atoms with Gasteiger partial charge in [-0.2, -0.15) is 0 Å². The summed E-state index contributed by atoms with van der Waals surface area (Å²) in [5, 5.41) is 0. The average molecular weight is 296 g/mol. The fraction of sp³-hybridized carbons (Fsp3) is 0.222. The molecule has 0 bridgehead atoms. The van der Waals surface area contributed by atoms with Crippen molar-refractivity contribution in [2.45, 2.75) is 20.0 Å². The van der Waals surface area contributed by atoms with E-state index in [0.717, 1.165) is 17.0 Å². The molecule has 4 nitrogen and oxygen atoms in total. The topological polar surface area (TPSA) is 44.1 Å². The zero-order valence-electron chi connectivity index (χ0n) is 13.0. The minimum atomic E-state index is -0.408. The van der Waals surface area contributed by atoms with Crippen LogP contribution in [0.1, 0.15) is 18.4 Å². The number of esters is 1. The first-order chi connectivity index (χ1) is 10.5. The first kappa shape index (κ1) is 15.8. The van der Waals surface area contributed by atoms with Crippen LogP contribution in [0.15, 0.2) is 55.1 Å². The third kappa shape index (κ3) is 3.34. The second-order valence-corrected chi connectivity index (χ2v) is 5.10. The number of hydrogen-bond donors (Lipinski definition) is 0. The van der Waals surface area contributed by atoms with E-state index >= 15 is 0 Å². The molecular formula is C18H20N2O2. The summed E-state index contributed by atoms with van der Waals surface area (Å²) >= 11 is 0. The van der Waals surface area contributed by atoms with Crippen molar-refractivity contribution < 1.29 is 9.53 Å². The molecule has 114 valence electrons. The normalized spacial score (nSPS) is 10.3. The van der Waals surface area contributed by atoms with E-state index < -0.39 is 5.97 Å². The van der Waals surface area contributed by atoms with Gasteiger partial charge in [-0.25, -0.2) is 9.78 Å². The second kappa shape index (κ2) is 6.89. The van der Waals surface area contributed by atoms with E-state index in [-0.39, 0.29) is 6.61 Å². The van der Waals surface area contributed by atoms with Crippen LogP contribution in [0.25, 0.3) is 11.3 Å². The standard InChI is InChI=1S/C18H20N2O2/c1-5-9-15-17(14-10-7-6-8-11-14)19-16(20(15)4)12-22-18(21)13(2)3/h5-8,10-11H,1-2,9,12H2,3-4H3. The van der Waals surface area contributed by atoms with Gasteiger partial charge in [-0.1, -0.05) is 43.0 Å². The molecule has 1 aromatic carbocycles. The highest BCUT2D eigenvalue weighted by atomic mass is 16.5. The minimum Gasteiger partial charge on any atom is -0.454 e. The monoisotopic (exact) mass is 296 g/mol. The van der Waals surface area contributed by atoms with Gasteiger partial charge in [0.15, 0.2) is 0 Å². The van der Waals surface area contributed by atoms with Crippen LogP contribution < -0.4 is 0 Å². The van der Waals surface area contributed by atoms with Crippen LogP contribution in [0.4, 0.5) is 0 Å². The predicted octanol–water partition coefficient (Wildman–Crippen LogP) is 3.43. The van der Waals surface area contributed by atoms with Crippen molar-refractivity contribution >= 4 is 5.97 Å². The number of hydrogen-bond acceptors (Lipinski definition) is 3. The van der Waals surface area contributed by atoms with E-state index in [9.17, 15) is 4.79 Å². The lowest BCUT2D eigenvalue weighted by Gasteiger charge is -2.06. The van der Waals surface area contributed by atoms with Gasteiger partial charge in [-0.05, 0) is 6.92 Å². The summed E-state index contributed by atoms with van der Waals surface area (Å²) < 4.78 is 7.16. The summed E-state index contributed by atoms with van der Waals surface area (Å²) in [7, 11) is 1.92. The molecule has 0 N–H and O–H groups in total. The van der Waals surface area contributed by atoms with Crippen molar-refractivity contribution in [3.63, 3.8) is 0 Å². The highest BCUT2D eigenvalue weighted by molar-refractivity contribution is 5.86. The van der Waals surface area contributed by atoms with E-state index in [0.29, 0.717) is 17.8 Å². The Morgan fingerprint density at radius 3 is 2.64 bits per heavy atom. The maximum absolute atomic E-state index is 11.5. The predicted molar refractivity (Wildman–Crippen MR) is 87.2 cm³/mol. The van der Waals surface area contributed by atoms with E-state index in [1.807, 2.05) is 48.0 Å². The molecule has 1 aromatic heterocycles. The van der Waals surface area contributed by atoms with Gasteiger partial charge in [0.1, 0.15) is 12.4 Å². The Morgan fingerprint density at radius 1 is 1.36 bits per heavy atom. The molecule has 0 radical (unpaired) electrons. The molecule has 0 aliphatic carbocycles. The van der Waals surface area contributed by atoms with Crippen molar-refractivity contribution in [2.24, 2.45) is 7.05 Å². The highest BCUT2D eigenvalue weighted by Crippen LogP contribution is 2.24. The third-order valence-electron chi connectivity index (χ3n) is 3.37. The largest absolute Gasteiger partial charge is 0.454 e. The molecule has 0 unspecified atom stereocenters. The Hall–Kier alpha value is -2.62.